The van der Waals surface area contributed by atoms with E-state index in [1.165, 1.54) is 34.7 Å². The van der Waals surface area contributed by atoms with Gasteiger partial charge < -0.3 is 0 Å². The van der Waals surface area contributed by atoms with E-state index in [4.69, 9.17) is 0 Å². The van der Waals surface area contributed by atoms with Gasteiger partial charge in [-0.05, 0) is 29.8 Å². The van der Waals surface area contributed by atoms with E-state index in [1.54, 1.807) is 18.5 Å². The van der Waals surface area contributed by atoms with Crippen LogP contribution < -0.4 is 5.56 Å². The van der Waals surface area contributed by atoms with Crippen molar-refractivity contribution in [1.29, 1.82) is 0 Å². The van der Waals surface area contributed by atoms with Crippen molar-refractivity contribution in [3.63, 3.8) is 0 Å². The maximum absolute atomic E-state index is 13.1. The Labute approximate surface area is 160 Å². The fourth-order valence-corrected chi connectivity index (χ4v) is 3.59. The maximum Gasteiger partial charge on any atom is 0.416 e. The summed E-state index contributed by atoms with van der Waals surface area (Å²) in [5, 5.41) is 6.90. The van der Waals surface area contributed by atoms with Gasteiger partial charge in [-0.1, -0.05) is 23.9 Å². The van der Waals surface area contributed by atoms with Gasteiger partial charge in [0.2, 0.25) is 0 Å². The summed E-state index contributed by atoms with van der Waals surface area (Å²) in [6.45, 7) is 0. The predicted molar refractivity (Wildman–Crippen MR) is 98.3 cm³/mol. The minimum Gasteiger partial charge on any atom is -0.268 e. The van der Waals surface area contributed by atoms with Crippen LogP contribution in [0.2, 0.25) is 0 Å². The van der Waals surface area contributed by atoms with Gasteiger partial charge in [-0.15, -0.1) is 0 Å². The average Bonchev–Trinajstić information content (AvgIpc) is 3.16. The van der Waals surface area contributed by atoms with E-state index >= 15 is 0 Å². The average molecular weight is 403 g/mol. The molecule has 0 aliphatic rings. The van der Waals surface area contributed by atoms with Gasteiger partial charge in [0.15, 0.2) is 10.8 Å². The third kappa shape index (κ3) is 3.50. The molecule has 0 aliphatic heterocycles. The Balaban J connectivity index is 1.84. The molecule has 28 heavy (non-hydrogen) atoms. The minimum absolute atomic E-state index is 0.0871. The number of H-pyrrole nitrogens is 1. The van der Waals surface area contributed by atoms with E-state index < -0.39 is 17.3 Å². The molecule has 4 aromatic rings. The van der Waals surface area contributed by atoms with Crippen LogP contribution in [0, 0.1) is 0 Å². The van der Waals surface area contributed by atoms with Crippen molar-refractivity contribution in [2.24, 2.45) is 0 Å². The van der Waals surface area contributed by atoms with Crippen molar-refractivity contribution in [3.05, 3.63) is 76.5 Å². The van der Waals surface area contributed by atoms with Gasteiger partial charge in [-0.3, -0.25) is 19.4 Å². The first kappa shape index (κ1) is 18.2. The molecule has 3 heterocycles. The zero-order valence-corrected chi connectivity index (χ0v) is 15.0. The number of hydrogen-bond acceptors (Lipinski definition) is 5. The fourth-order valence-electron chi connectivity index (χ4n) is 2.65. The van der Waals surface area contributed by atoms with Crippen LogP contribution >= 0.6 is 11.8 Å². The molecule has 0 unspecified atom stereocenters. The maximum atomic E-state index is 13.1. The number of pyridine rings is 1. The summed E-state index contributed by atoms with van der Waals surface area (Å²) in [5.41, 5.74) is -0.0766. The van der Waals surface area contributed by atoms with Crippen LogP contribution in [0.25, 0.3) is 16.7 Å². The van der Waals surface area contributed by atoms with Gasteiger partial charge in [0.25, 0.3) is 5.56 Å². The molecule has 10 heteroatoms. The Morgan fingerprint density at radius 3 is 2.75 bits per heavy atom. The first-order valence-electron chi connectivity index (χ1n) is 8.09. The Kier molecular flexibility index (Phi) is 4.63. The van der Waals surface area contributed by atoms with Crippen molar-refractivity contribution in [2.75, 3.05) is 0 Å². The van der Waals surface area contributed by atoms with E-state index in [-0.39, 0.29) is 21.9 Å². The second kappa shape index (κ2) is 7.12. The standard InChI is InChI=1S/C18H12F3N5OS/c19-18(20,21)12-4-1-5-13(7-12)26-16(27)14-9-23-25-15(14)24-17(26)28-10-11-3-2-6-22-8-11/h1-9H,10H2,(H,23,25). The summed E-state index contributed by atoms with van der Waals surface area (Å²) in [6.07, 6.45) is 0.107. The van der Waals surface area contributed by atoms with Crippen molar-refractivity contribution in [1.82, 2.24) is 24.7 Å². The molecule has 0 spiro atoms. The van der Waals surface area contributed by atoms with E-state index in [0.29, 0.717) is 5.75 Å². The van der Waals surface area contributed by atoms with Gasteiger partial charge in [0.05, 0.1) is 17.4 Å². The van der Waals surface area contributed by atoms with Gasteiger partial charge in [-0.25, -0.2) is 4.98 Å². The predicted octanol–water partition coefficient (Wildman–Crippen LogP) is 3.81. The zero-order chi connectivity index (χ0) is 19.7. The summed E-state index contributed by atoms with van der Waals surface area (Å²) >= 11 is 1.22. The van der Waals surface area contributed by atoms with Crippen molar-refractivity contribution in [3.8, 4) is 5.69 Å². The van der Waals surface area contributed by atoms with E-state index in [9.17, 15) is 18.0 Å². The number of benzene rings is 1. The smallest absolute Gasteiger partial charge is 0.268 e. The van der Waals surface area contributed by atoms with Gasteiger partial charge >= 0.3 is 6.18 Å². The second-order valence-electron chi connectivity index (χ2n) is 5.87. The molecule has 1 aromatic carbocycles. The number of hydrogen-bond donors (Lipinski definition) is 1. The molecular weight excluding hydrogens is 391 g/mol. The molecule has 1 N–H and O–H groups in total. The lowest BCUT2D eigenvalue weighted by molar-refractivity contribution is -0.137. The molecule has 4 rings (SSSR count). The van der Waals surface area contributed by atoms with Crippen LogP contribution in [0.5, 0.6) is 0 Å². The molecule has 0 bridgehead atoms. The highest BCUT2D eigenvalue weighted by atomic mass is 32.2. The summed E-state index contributed by atoms with van der Waals surface area (Å²) in [4.78, 5) is 21.4. The number of thioether (sulfide) groups is 1. The molecule has 0 radical (unpaired) electrons. The lowest BCUT2D eigenvalue weighted by Gasteiger charge is -2.14. The monoisotopic (exact) mass is 403 g/mol. The van der Waals surface area contributed by atoms with E-state index in [1.807, 2.05) is 6.07 Å². The Bertz CT molecular complexity index is 1190. The summed E-state index contributed by atoms with van der Waals surface area (Å²) in [5.74, 6) is 0.443. The van der Waals surface area contributed by atoms with Gasteiger partial charge in [0.1, 0.15) is 5.39 Å². The van der Waals surface area contributed by atoms with Crippen LogP contribution in [-0.2, 0) is 11.9 Å². The molecule has 0 saturated carbocycles. The molecule has 0 fully saturated rings. The number of nitrogens with zero attached hydrogens (tertiary/aromatic N) is 4. The number of aromatic amines is 1. The highest BCUT2D eigenvalue weighted by Gasteiger charge is 2.31. The molecule has 0 saturated heterocycles. The number of nitrogens with one attached hydrogen (secondary N) is 1. The van der Waals surface area contributed by atoms with E-state index in [2.05, 4.69) is 20.2 Å². The molecular formula is C18H12F3N5OS. The van der Waals surface area contributed by atoms with Crippen LogP contribution in [0.4, 0.5) is 13.2 Å². The highest BCUT2D eigenvalue weighted by molar-refractivity contribution is 7.98. The quantitative estimate of drug-likeness (QED) is 0.414. The second-order valence-corrected chi connectivity index (χ2v) is 6.81. The Morgan fingerprint density at radius 2 is 2.00 bits per heavy atom. The highest BCUT2D eigenvalue weighted by Crippen LogP contribution is 2.31. The Hall–Kier alpha value is -3.14. The molecule has 0 aliphatic carbocycles. The van der Waals surface area contributed by atoms with Crippen LogP contribution in [0.1, 0.15) is 11.1 Å². The fraction of sp³-hybridized carbons (Fsp3) is 0.111. The van der Waals surface area contributed by atoms with Crippen molar-refractivity contribution < 1.29 is 13.2 Å². The van der Waals surface area contributed by atoms with Crippen LogP contribution in [0.15, 0.2) is 64.9 Å². The Morgan fingerprint density at radius 1 is 1.14 bits per heavy atom. The SMILES string of the molecule is O=c1c2cn[nH]c2nc(SCc2cccnc2)n1-c1cccc(C(F)(F)F)c1. The normalized spacial score (nSPS) is 11.8. The largest absolute Gasteiger partial charge is 0.416 e. The lowest BCUT2D eigenvalue weighted by atomic mass is 10.2. The zero-order valence-electron chi connectivity index (χ0n) is 14.1. The van der Waals surface area contributed by atoms with Crippen LogP contribution in [-0.4, -0.2) is 24.7 Å². The topological polar surface area (TPSA) is 76.5 Å². The summed E-state index contributed by atoms with van der Waals surface area (Å²) < 4.78 is 40.6. The van der Waals surface area contributed by atoms with Crippen molar-refractivity contribution in [2.45, 2.75) is 17.1 Å². The number of rotatable bonds is 4. The van der Waals surface area contributed by atoms with Crippen LogP contribution in [0.3, 0.4) is 0 Å². The van der Waals surface area contributed by atoms with Gasteiger partial charge in [0, 0.05) is 18.1 Å². The number of alkyl halides is 3. The number of halogens is 3. The third-order valence-electron chi connectivity index (χ3n) is 3.97. The molecule has 142 valence electrons. The summed E-state index contributed by atoms with van der Waals surface area (Å²) in [7, 11) is 0. The first-order valence-corrected chi connectivity index (χ1v) is 9.07. The third-order valence-corrected chi connectivity index (χ3v) is 4.98. The molecule has 6 nitrogen and oxygen atoms in total. The lowest BCUT2D eigenvalue weighted by Crippen LogP contribution is -2.22. The minimum atomic E-state index is -4.52. The molecule has 0 atom stereocenters. The summed E-state index contributed by atoms with van der Waals surface area (Å²) in [6, 6.07) is 8.24. The first-order chi connectivity index (χ1) is 13.4. The number of fused-ring (bicyclic) bond motifs is 1. The molecule has 0 amide bonds. The van der Waals surface area contributed by atoms with Crippen molar-refractivity contribution >= 4 is 22.8 Å². The number of aromatic nitrogens is 5. The van der Waals surface area contributed by atoms with Gasteiger partial charge in [-0.2, -0.15) is 18.3 Å². The van der Waals surface area contributed by atoms with E-state index in [0.717, 1.165) is 17.7 Å². The molecule has 3 aromatic heterocycles.